The van der Waals surface area contributed by atoms with Gasteiger partial charge in [0.15, 0.2) is 11.4 Å². The van der Waals surface area contributed by atoms with Crippen LogP contribution in [-0.4, -0.2) is 22.5 Å². The van der Waals surface area contributed by atoms with Crippen LogP contribution in [0.3, 0.4) is 0 Å². The second kappa shape index (κ2) is 6.20. The van der Waals surface area contributed by atoms with Gasteiger partial charge in [-0.2, -0.15) is 0 Å². The Morgan fingerprint density at radius 2 is 1.41 bits per heavy atom. The van der Waals surface area contributed by atoms with E-state index in [1.165, 1.54) is 13.8 Å². The zero-order valence-corrected chi connectivity index (χ0v) is 12.9. The molecule has 0 saturated carbocycles. The Labute approximate surface area is 133 Å². The highest BCUT2D eigenvalue weighted by atomic mass is 35.5. The van der Waals surface area contributed by atoms with Crippen molar-refractivity contribution >= 4 is 23.4 Å². The minimum Gasteiger partial charge on any atom is -0.478 e. The van der Waals surface area contributed by atoms with Crippen LogP contribution < -0.4 is 4.74 Å². The third kappa shape index (κ3) is 3.65. The van der Waals surface area contributed by atoms with Gasteiger partial charge in [-0.15, -0.1) is 0 Å². The van der Waals surface area contributed by atoms with Crippen LogP contribution >= 0.6 is 11.6 Å². The molecule has 0 amide bonds. The molecule has 0 saturated heterocycles. The molecule has 2 aromatic carbocycles. The molecule has 0 fully saturated rings. The van der Waals surface area contributed by atoms with E-state index < -0.39 is 11.6 Å². The summed E-state index contributed by atoms with van der Waals surface area (Å²) in [7, 11) is 0. The average molecular weight is 327 g/mol. The lowest BCUT2D eigenvalue weighted by Crippen LogP contribution is -2.37. The topological polar surface area (TPSA) is 63.6 Å². The maximum absolute atomic E-state index is 12.3. The van der Waals surface area contributed by atoms with Gasteiger partial charge in [0.2, 0.25) is 0 Å². The van der Waals surface area contributed by atoms with E-state index in [9.17, 15) is 9.59 Å². The van der Waals surface area contributed by atoms with E-state index in [1.807, 2.05) is 0 Å². The molecular formula is C17H15ClO4. The third-order valence-electron chi connectivity index (χ3n) is 3.11. The Balaban J connectivity index is 2.16. The number of benzene rings is 2. The second-order valence-corrected chi connectivity index (χ2v) is 5.71. The van der Waals surface area contributed by atoms with Gasteiger partial charge < -0.3 is 9.84 Å². The van der Waals surface area contributed by atoms with Gasteiger partial charge in [-0.1, -0.05) is 11.6 Å². The minimum absolute atomic E-state index is 0.138. The molecular weight excluding hydrogens is 312 g/mol. The van der Waals surface area contributed by atoms with Crippen LogP contribution in [0.15, 0.2) is 48.5 Å². The lowest BCUT2D eigenvalue weighted by molar-refractivity contribution is -0.152. The smallest absolute Gasteiger partial charge is 0.347 e. The van der Waals surface area contributed by atoms with Gasteiger partial charge in [-0.3, -0.25) is 4.79 Å². The molecule has 0 heterocycles. The summed E-state index contributed by atoms with van der Waals surface area (Å²) < 4.78 is 5.39. The molecule has 114 valence electrons. The summed E-state index contributed by atoms with van der Waals surface area (Å²) in [6, 6.07) is 13.0. The van der Waals surface area contributed by atoms with Crippen molar-refractivity contribution in [1.29, 1.82) is 0 Å². The fourth-order valence-corrected chi connectivity index (χ4v) is 1.91. The number of aliphatic carboxylic acids is 1. The lowest BCUT2D eigenvalue weighted by atomic mass is 10.2. The van der Waals surface area contributed by atoms with Crippen molar-refractivity contribution < 1.29 is 19.4 Å². The van der Waals surface area contributed by atoms with Crippen molar-refractivity contribution in [3.63, 3.8) is 0 Å². The zero-order chi connectivity index (χ0) is 16.3. The molecule has 0 atom stereocenters. The van der Waals surface area contributed by atoms with E-state index in [0.29, 0.717) is 21.9 Å². The summed E-state index contributed by atoms with van der Waals surface area (Å²) >= 11 is 5.79. The van der Waals surface area contributed by atoms with Crippen LogP contribution in [0.1, 0.15) is 29.8 Å². The van der Waals surface area contributed by atoms with Crippen LogP contribution in [0.4, 0.5) is 0 Å². The normalized spacial score (nSPS) is 11.0. The Kier molecular flexibility index (Phi) is 4.52. The van der Waals surface area contributed by atoms with Gasteiger partial charge in [-0.05, 0) is 62.4 Å². The number of carboxylic acid groups (broad SMARTS) is 1. The molecule has 22 heavy (non-hydrogen) atoms. The van der Waals surface area contributed by atoms with Crippen LogP contribution in [0.5, 0.6) is 5.75 Å². The van der Waals surface area contributed by atoms with E-state index >= 15 is 0 Å². The standard InChI is InChI=1S/C17H15ClO4/c1-17(2,16(20)21)22-14-9-5-12(6-10-14)15(19)11-3-7-13(18)8-4-11/h3-10H,1-2H3,(H,20,21)/i1+1,2+1,5+1,6+1,9+1,10+1,12+1,14+1. The van der Waals surface area contributed by atoms with Gasteiger partial charge in [-0.25, -0.2) is 4.79 Å². The van der Waals surface area contributed by atoms with E-state index in [2.05, 4.69) is 0 Å². The van der Waals surface area contributed by atoms with Crippen molar-refractivity contribution in [2.24, 2.45) is 0 Å². The number of hydrogen-bond donors (Lipinski definition) is 1. The molecule has 0 aliphatic carbocycles. The molecule has 1 N–H and O–H groups in total. The highest BCUT2D eigenvalue weighted by Crippen LogP contribution is 2.21. The Morgan fingerprint density at radius 3 is 1.86 bits per heavy atom. The highest BCUT2D eigenvalue weighted by Gasteiger charge is 2.29. The van der Waals surface area contributed by atoms with Crippen LogP contribution in [0.2, 0.25) is 5.02 Å². The monoisotopic (exact) mass is 326 g/mol. The van der Waals surface area contributed by atoms with E-state index in [1.54, 1.807) is 48.5 Å². The molecule has 0 bridgehead atoms. The Morgan fingerprint density at radius 1 is 0.955 bits per heavy atom. The highest BCUT2D eigenvalue weighted by molar-refractivity contribution is 6.30. The first-order chi connectivity index (χ1) is 10.3. The van der Waals surface area contributed by atoms with Gasteiger partial charge in [0.1, 0.15) is 5.75 Å². The molecule has 2 rings (SSSR count). The number of ether oxygens (including phenoxy) is 1. The molecule has 0 aromatic heterocycles. The summed E-state index contributed by atoms with van der Waals surface area (Å²) in [5, 5.41) is 9.59. The number of carbonyl (C=O) groups excluding carboxylic acids is 1. The second-order valence-electron chi connectivity index (χ2n) is 5.28. The summed E-state index contributed by atoms with van der Waals surface area (Å²) in [5.74, 6) is -0.811. The van der Waals surface area contributed by atoms with Crippen molar-refractivity contribution in [1.82, 2.24) is 0 Å². The van der Waals surface area contributed by atoms with Crippen molar-refractivity contribution in [3.05, 3.63) is 64.7 Å². The maximum Gasteiger partial charge on any atom is 0.347 e. The molecule has 0 unspecified atom stereocenters. The molecule has 0 spiro atoms. The third-order valence-corrected chi connectivity index (χ3v) is 3.36. The van der Waals surface area contributed by atoms with E-state index in [0.717, 1.165) is 0 Å². The van der Waals surface area contributed by atoms with Gasteiger partial charge >= 0.3 is 5.97 Å². The predicted molar refractivity (Wildman–Crippen MR) is 83.7 cm³/mol. The van der Waals surface area contributed by atoms with Gasteiger partial charge in [0.25, 0.3) is 0 Å². The van der Waals surface area contributed by atoms with Crippen LogP contribution in [0.25, 0.3) is 0 Å². The number of ketones is 1. The molecule has 0 aliphatic rings. The number of hydrogen-bond acceptors (Lipinski definition) is 3. The lowest BCUT2D eigenvalue weighted by Gasteiger charge is -2.21. The van der Waals surface area contributed by atoms with Gasteiger partial charge in [0.05, 0.1) is 0 Å². The first kappa shape index (κ1) is 16.0. The number of rotatable bonds is 5. The number of carbonyl (C=O) groups is 2. The largest absolute Gasteiger partial charge is 0.478 e. The van der Waals surface area contributed by atoms with Crippen molar-refractivity contribution in [3.8, 4) is 5.75 Å². The van der Waals surface area contributed by atoms with Crippen molar-refractivity contribution in [2.75, 3.05) is 0 Å². The fourth-order valence-electron chi connectivity index (χ4n) is 1.78. The summed E-state index contributed by atoms with van der Waals surface area (Å²) in [6.45, 7) is 2.92. The van der Waals surface area contributed by atoms with E-state index in [4.69, 9.17) is 21.4 Å². The van der Waals surface area contributed by atoms with E-state index in [-0.39, 0.29) is 5.78 Å². The quantitative estimate of drug-likeness (QED) is 0.670. The molecule has 5 heteroatoms. The summed E-state index contributed by atoms with van der Waals surface area (Å²) in [5.41, 5.74) is -0.312. The molecule has 0 radical (unpaired) electrons. The fraction of sp³-hybridized carbons (Fsp3) is 0.176. The summed E-state index contributed by atoms with van der Waals surface area (Å²) in [6.07, 6.45) is 0. The molecule has 2 aromatic rings. The van der Waals surface area contributed by atoms with Crippen LogP contribution in [-0.2, 0) is 4.79 Å². The van der Waals surface area contributed by atoms with Gasteiger partial charge in [0, 0.05) is 16.1 Å². The van der Waals surface area contributed by atoms with Crippen LogP contribution in [0, 0.1) is 0 Å². The maximum atomic E-state index is 12.3. The minimum atomic E-state index is -1.33. The zero-order valence-electron chi connectivity index (χ0n) is 12.2. The first-order valence-electron chi connectivity index (χ1n) is 6.62. The number of halogens is 1. The Bertz CT molecular complexity index is 688. The van der Waals surface area contributed by atoms with Crippen molar-refractivity contribution in [2.45, 2.75) is 19.4 Å². The summed E-state index contributed by atoms with van der Waals surface area (Å²) in [4.78, 5) is 23.3. The first-order valence-corrected chi connectivity index (χ1v) is 7.00. The predicted octanol–water partition coefficient (Wildman–Crippen LogP) is 3.81. The molecule has 0 aliphatic heterocycles. The number of carboxylic acids is 1. The Hall–Kier alpha value is -2.33. The molecule has 4 nitrogen and oxygen atoms in total. The average Bonchev–Trinajstić information content (AvgIpc) is 2.47. The SMILES string of the molecule is [13CH3]C([13CH3])(O[13c]1[13cH][13cH][13c](C(=O)c2ccc(Cl)cc2)[13cH][13cH]1)C(=O)O.